The summed E-state index contributed by atoms with van der Waals surface area (Å²) in [6.45, 7) is 6.67. The van der Waals surface area contributed by atoms with Crippen molar-refractivity contribution in [1.82, 2.24) is 9.80 Å². The van der Waals surface area contributed by atoms with Crippen molar-refractivity contribution in [2.45, 2.75) is 38.5 Å². The minimum atomic E-state index is -0.0245. The van der Waals surface area contributed by atoms with E-state index in [9.17, 15) is 9.90 Å². The van der Waals surface area contributed by atoms with Gasteiger partial charge in [-0.2, -0.15) is 0 Å². The van der Waals surface area contributed by atoms with E-state index >= 15 is 0 Å². The lowest BCUT2D eigenvalue weighted by Gasteiger charge is -2.27. The highest BCUT2D eigenvalue weighted by Crippen LogP contribution is 2.42. The maximum Gasteiger partial charge on any atom is 0.195 e. The van der Waals surface area contributed by atoms with Gasteiger partial charge in [-0.05, 0) is 66.8 Å². The molecule has 1 aromatic heterocycles. The number of aliphatic hydroxyl groups excluding tert-OH is 1. The summed E-state index contributed by atoms with van der Waals surface area (Å²) in [5, 5.41) is 10.6. The van der Waals surface area contributed by atoms with Crippen molar-refractivity contribution >= 4 is 27.2 Å². The van der Waals surface area contributed by atoms with Gasteiger partial charge in [0.15, 0.2) is 5.78 Å². The lowest BCUT2D eigenvalue weighted by molar-refractivity contribution is 0.0339. The molecule has 2 saturated heterocycles. The molecule has 5 aromatic rings. The van der Waals surface area contributed by atoms with E-state index in [2.05, 4.69) is 52.3 Å². The summed E-state index contributed by atoms with van der Waals surface area (Å²) in [5.74, 6) is 1.47. The molecule has 7 rings (SSSR count). The Morgan fingerprint density at radius 1 is 0.939 bits per heavy atom. The van der Waals surface area contributed by atoms with Crippen molar-refractivity contribution in [3.63, 3.8) is 0 Å². The number of morpholine rings is 1. The molecule has 0 spiro atoms. The monoisotopic (exact) mass is 676 g/mol. The van der Waals surface area contributed by atoms with E-state index in [-0.39, 0.29) is 18.4 Å². The van der Waals surface area contributed by atoms with Gasteiger partial charge in [0.25, 0.3) is 0 Å². The number of fused-ring (bicyclic) bond motifs is 1. The van der Waals surface area contributed by atoms with Gasteiger partial charge >= 0.3 is 0 Å². The summed E-state index contributed by atoms with van der Waals surface area (Å²) in [6.07, 6.45) is 3.14. The molecule has 0 radical (unpaired) electrons. The van der Waals surface area contributed by atoms with E-state index < -0.39 is 0 Å². The van der Waals surface area contributed by atoms with E-state index in [0.717, 1.165) is 108 Å². The first-order chi connectivity index (χ1) is 24.1. The van der Waals surface area contributed by atoms with Crippen LogP contribution in [0.5, 0.6) is 11.5 Å². The third kappa shape index (κ3) is 7.74. The highest BCUT2D eigenvalue weighted by atomic mass is 32.1. The van der Waals surface area contributed by atoms with Crippen LogP contribution >= 0.6 is 11.3 Å². The largest absolute Gasteiger partial charge is 0.496 e. The molecule has 4 aromatic carbocycles. The molecule has 0 unspecified atom stereocenters. The van der Waals surface area contributed by atoms with Gasteiger partial charge in [-0.1, -0.05) is 66.7 Å². The Kier molecular flexibility index (Phi) is 10.7. The number of hydrogen-bond acceptors (Lipinski definition) is 8. The quantitative estimate of drug-likeness (QED) is 0.132. The highest BCUT2D eigenvalue weighted by Gasteiger charge is 2.25. The first kappa shape index (κ1) is 33.4. The maximum absolute atomic E-state index is 14.5. The fourth-order valence-corrected chi connectivity index (χ4v) is 8.22. The predicted octanol–water partition coefficient (Wildman–Crippen LogP) is 7.22. The first-order valence-electron chi connectivity index (χ1n) is 17.3. The van der Waals surface area contributed by atoms with Crippen LogP contribution in [0.1, 0.15) is 45.5 Å². The Morgan fingerprint density at radius 3 is 2.53 bits per heavy atom. The molecule has 1 N–H and O–H groups in total. The van der Waals surface area contributed by atoms with Gasteiger partial charge in [-0.3, -0.25) is 14.6 Å². The molecule has 0 amide bonds. The van der Waals surface area contributed by atoms with Crippen LogP contribution in [0.15, 0.2) is 91.0 Å². The normalized spacial score (nSPS) is 17.1. The smallest absolute Gasteiger partial charge is 0.195 e. The number of carbonyl (C=O) groups is 1. The van der Waals surface area contributed by atoms with Crippen molar-refractivity contribution in [3.8, 4) is 21.9 Å². The summed E-state index contributed by atoms with van der Waals surface area (Å²) in [5.41, 5.74) is 5.74. The van der Waals surface area contributed by atoms with Gasteiger partial charge in [0.05, 0.1) is 26.9 Å². The van der Waals surface area contributed by atoms with Crippen LogP contribution in [0, 0.1) is 0 Å². The Balaban J connectivity index is 1.19. The number of aliphatic hydroxyl groups is 1. The molecule has 8 heteroatoms. The SMILES string of the molecule is COc1cc(C(=O)c2c(-c3ccc(CCN4CCC[C@H]4CO)cc3)sc3cc(OCc4ccccc4)ccc23)ccc1CN1CCOCC1. The summed E-state index contributed by atoms with van der Waals surface area (Å²) >= 11 is 1.63. The number of nitrogens with zero attached hydrogens (tertiary/aromatic N) is 2. The number of ether oxygens (including phenoxy) is 3. The second kappa shape index (κ2) is 15.7. The van der Waals surface area contributed by atoms with Gasteiger partial charge in [0, 0.05) is 63.9 Å². The molecule has 0 bridgehead atoms. The average molecular weight is 677 g/mol. The number of likely N-dealkylation sites (tertiary alicyclic amines) is 1. The number of methoxy groups -OCH3 is 1. The molecule has 2 fully saturated rings. The predicted molar refractivity (Wildman–Crippen MR) is 196 cm³/mol. The third-order valence-corrected chi connectivity index (χ3v) is 11.0. The highest BCUT2D eigenvalue weighted by molar-refractivity contribution is 7.22. The second-order valence-electron chi connectivity index (χ2n) is 12.9. The van der Waals surface area contributed by atoms with Crippen LogP contribution in [0.2, 0.25) is 0 Å². The molecule has 49 heavy (non-hydrogen) atoms. The molecule has 2 aliphatic heterocycles. The van der Waals surface area contributed by atoms with Crippen molar-refractivity contribution in [2.75, 3.05) is 53.1 Å². The van der Waals surface area contributed by atoms with Crippen LogP contribution in [-0.4, -0.2) is 79.8 Å². The van der Waals surface area contributed by atoms with Crippen LogP contribution in [0.25, 0.3) is 20.5 Å². The van der Waals surface area contributed by atoms with Crippen molar-refractivity contribution in [2.24, 2.45) is 0 Å². The number of rotatable bonds is 13. The van der Waals surface area contributed by atoms with Gasteiger partial charge in [-0.15, -0.1) is 11.3 Å². The Hall–Kier alpha value is -4.05. The number of ketones is 1. The molecule has 254 valence electrons. The average Bonchev–Trinajstić information content (AvgIpc) is 3.78. The van der Waals surface area contributed by atoms with E-state index in [0.29, 0.717) is 17.7 Å². The Bertz CT molecular complexity index is 1870. The minimum Gasteiger partial charge on any atom is -0.496 e. The van der Waals surface area contributed by atoms with Gasteiger partial charge in [0.2, 0.25) is 0 Å². The lowest BCUT2D eigenvalue weighted by Crippen LogP contribution is -2.35. The van der Waals surface area contributed by atoms with E-state index in [1.165, 1.54) is 5.56 Å². The van der Waals surface area contributed by atoms with E-state index in [1.54, 1.807) is 18.4 Å². The van der Waals surface area contributed by atoms with Gasteiger partial charge in [-0.25, -0.2) is 0 Å². The van der Waals surface area contributed by atoms with Crippen LogP contribution < -0.4 is 9.47 Å². The molecular weight excluding hydrogens is 633 g/mol. The maximum atomic E-state index is 14.5. The molecule has 2 aliphatic rings. The van der Waals surface area contributed by atoms with Crippen LogP contribution in [-0.2, 0) is 24.3 Å². The zero-order chi connectivity index (χ0) is 33.6. The molecule has 3 heterocycles. The molecular formula is C41H44N2O5S. The number of hydrogen-bond donors (Lipinski definition) is 1. The number of benzene rings is 4. The molecule has 1 atom stereocenters. The van der Waals surface area contributed by atoms with Crippen molar-refractivity contribution in [3.05, 3.63) is 119 Å². The van der Waals surface area contributed by atoms with E-state index in [1.807, 2.05) is 48.5 Å². The second-order valence-corrected chi connectivity index (χ2v) is 14.0. The molecule has 0 saturated carbocycles. The molecule has 7 nitrogen and oxygen atoms in total. The molecule has 0 aliphatic carbocycles. The zero-order valence-electron chi connectivity index (χ0n) is 28.1. The fraction of sp³-hybridized carbons (Fsp3) is 0.341. The lowest BCUT2D eigenvalue weighted by atomic mass is 9.96. The fourth-order valence-electron chi connectivity index (χ4n) is 6.99. The Morgan fingerprint density at radius 2 is 1.76 bits per heavy atom. The number of carbonyl (C=O) groups excluding carboxylic acids is 1. The number of thiophene rings is 1. The summed E-state index contributed by atoms with van der Waals surface area (Å²) in [6, 6.07) is 30.9. The van der Waals surface area contributed by atoms with Crippen molar-refractivity contribution in [1.29, 1.82) is 0 Å². The van der Waals surface area contributed by atoms with Gasteiger partial charge < -0.3 is 19.3 Å². The summed E-state index contributed by atoms with van der Waals surface area (Å²) in [4.78, 5) is 20.2. The van der Waals surface area contributed by atoms with Crippen molar-refractivity contribution < 1.29 is 24.1 Å². The summed E-state index contributed by atoms with van der Waals surface area (Å²) < 4.78 is 18.5. The summed E-state index contributed by atoms with van der Waals surface area (Å²) in [7, 11) is 1.67. The topological polar surface area (TPSA) is 71.5 Å². The van der Waals surface area contributed by atoms with Crippen LogP contribution in [0.4, 0.5) is 0 Å². The minimum absolute atomic E-state index is 0.0245. The first-order valence-corrected chi connectivity index (χ1v) is 18.1. The standard InChI is InChI=1S/C41H44N2O5S/c1-46-37-24-32(13-14-33(37)26-42-20-22-47-23-21-42)40(45)39-36-16-15-35(48-28-30-6-3-2-4-7-30)25-38(36)49-41(39)31-11-9-29(10-12-31)17-19-43-18-5-8-34(43)27-44/h2-4,6-7,9-16,24-25,34,44H,5,8,17-23,26-28H2,1H3/t34-/m0/s1. The van der Waals surface area contributed by atoms with E-state index in [4.69, 9.17) is 14.2 Å². The van der Waals surface area contributed by atoms with Gasteiger partial charge in [0.1, 0.15) is 18.1 Å². The van der Waals surface area contributed by atoms with Crippen LogP contribution in [0.3, 0.4) is 0 Å². The third-order valence-electron chi connectivity index (χ3n) is 9.80. The Labute approximate surface area is 292 Å². The zero-order valence-corrected chi connectivity index (χ0v) is 28.9.